The summed E-state index contributed by atoms with van der Waals surface area (Å²) in [6.07, 6.45) is -2.69. The maximum atomic E-state index is 12.6. The zero-order chi connectivity index (χ0) is 15.2. The van der Waals surface area contributed by atoms with E-state index in [0.29, 0.717) is 6.54 Å². The summed E-state index contributed by atoms with van der Waals surface area (Å²) in [6.45, 7) is 2.48. The maximum absolute atomic E-state index is 12.6. The first-order valence-corrected chi connectivity index (χ1v) is 6.59. The molecule has 0 atom stereocenters. The van der Waals surface area contributed by atoms with Crippen molar-refractivity contribution in [2.45, 2.75) is 25.9 Å². The second kappa shape index (κ2) is 7.38. The van der Waals surface area contributed by atoms with Crippen LogP contribution in [0.5, 0.6) is 0 Å². The number of hydrogen-bond donors (Lipinski definition) is 2. The highest BCUT2D eigenvalue weighted by Crippen LogP contribution is 2.36. The topological polar surface area (TPSA) is 41.1 Å². The van der Waals surface area contributed by atoms with Gasteiger partial charge in [-0.25, -0.2) is 0 Å². The van der Waals surface area contributed by atoms with Gasteiger partial charge in [0, 0.05) is 12.2 Å². The predicted molar refractivity (Wildman–Crippen MR) is 72.9 cm³/mol. The Morgan fingerprint density at radius 1 is 1.35 bits per heavy atom. The van der Waals surface area contributed by atoms with Crippen LogP contribution >= 0.6 is 11.6 Å². The van der Waals surface area contributed by atoms with Crippen molar-refractivity contribution < 1.29 is 18.0 Å². The molecule has 1 rings (SSSR count). The third kappa shape index (κ3) is 5.28. The van der Waals surface area contributed by atoms with E-state index in [0.717, 1.165) is 25.0 Å². The fourth-order valence-corrected chi connectivity index (χ4v) is 1.73. The number of hydrogen-bond acceptors (Lipinski definition) is 2. The summed E-state index contributed by atoms with van der Waals surface area (Å²) in [6, 6.07) is 3.44. The summed E-state index contributed by atoms with van der Waals surface area (Å²) in [7, 11) is 0. The smallest absolute Gasteiger partial charge is 0.376 e. The second-order valence-corrected chi connectivity index (χ2v) is 4.66. The molecular weight excluding hydrogens is 293 g/mol. The molecule has 0 aliphatic heterocycles. The molecule has 1 aromatic carbocycles. The largest absolute Gasteiger partial charge is 0.417 e. The molecule has 0 heterocycles. The first-order valence-electron chi connectivity index (χ1n) is 6.22. The van der Waals surface area contributed by atoms with Gasteiger partial charge in [0.25, 0.3) is 0 Å². The molecule has 0 aliphatic carbocycles. The minimum Gasteiger partial charge on any atom is -0.376 e. The summed E-state index contributed by atoms with van der Waals surface area (Å²) >= 11 is 5.50. The Hall–Kier alpha value is -1.43. The number of anilines is 1. The third-order valence-electron chi connectivity index (χ3n) is 2.58. The van der Waals surface area contributed by atoms with E-state index < -0.39 is 11.7 Å². The second-order valence-electron chi connectivity index (χ2n) is 4.25. The van der Waals surface area contributed by atoms with Crippen LogP contribution in [0.2, 0.25) is 5.02 Å². The average molecular weight is 309 g/mol. The fourth-order valence-electron chi connectivity index (χ4n) is 1.50. The zero-order valence-corrected chi connectivity index (χ0v) is 11.7. The van der Waals surface area contributed by atoms with E-state index in [1.54, 1.807) is 0 Å². The molecule has 0 fully saturated rings. The number of halogens is 4. The summed E-state index contributed by atoms with van der Waals surface area (Å²) in [5.74, 6) is -0.262. The van der Waals surface area contributed by atoms with Gasteiger partial charge in [-0.15, -0.1) is 0 Å². The molecule has 0 radical (unpaired) electrons. The van der Waals surface area contributed by atoms with Crippen molar-refractivity contribution in [3.05, 3.63) is 28.8 Å². The molecule has 0 spiro atoms. The van der Waals surface area contributed by atoms with E-state index in [-0.39, 0.29) is 23.2 Å². The highest BCUT2D eigenvalue weighted by atomic mass is 35.5. The van der Waals surface area contributed by atoms with Gasteiger partial charge >= 0.3 is 6.18 Å². The van der Waals surface area contributed by atoms with Gasteiger partial charge in [-0.1, -0.05) is 24.9 Å². The highest BCUT2D eigenvalue weighted by Gasteiger charge is 2.33. The molecule has 0 saturated carbocycles. The number of carbonyl (C=O) groups is 1. The number of carbonyl (C=O) groups excluding carboxylic acids is 1. The molecular formula is C13H16ClF3N2O. The van der Waals surface area contributed by atoms with Crippen LogP contribution < -0.4 is 10.6 Å². The molecule has 2 N–H and O–H groups in total. The van der Waals surface area contributed by atoms with E-state index in [4.69, 9.17) is 11.6 Å². The summed E-state index contributed by atoms with van der Waals surface area (Å²) in [5.41, 5.74) is -0.720. The molecule has 0 unspecified atom stereocenters. The van der Waals surface area contributed by atoms with Gasteiger partial charge in [-0.3, -0.25) is 4.79 Å². The molecule has 7 heteroatoms. The van der Waals surface area contributed by atoms with Gasteiger partial charge in [-0.05, 0) is 24.6 Å². The van der Waals surface area contributed by atoms with E-state index in [9.17, 15) is 18.0 Å². The highest BCUT2D eigenvalue weighted by molar-refractivity contribution is 6.31. The number of rotatable bonds is 6. The van der Waals surface area contributed by atoms with E-state index in [1.165, 1.54) is 6.07 Å². The van der Waals surface area contributed by atoms with Gasteiger partial charge in [0.05, 0.1) is 17.1 Å². The van der Waals surface area contributed by atoms with E-state index in [2.05, 4.69) is 10.6 Å². The molecule has 0 aromatic heterocycles. The minimum atomic E-state index is -4.52. The van der Waals surface area contributed by atoms with E-state index >= 15 is 0 Å². The number of amides is 1. The van der Waals surface area contributed by atoms with Crippen molar-refractivity contribution in [2.75, 3.05) is 18.4 Å². The van der Waals surface area contributed by atoms with Crippen molar-refractivity contribution in [1.29, 1.82) is 0 Å². The number of unbranched alkanes of at least 4 members (excludes halogenated alkanes) is 1. The lowest BCUT2D eigenvalue weighted by Crippen LogP contribution is -2.30. The number of benzene rings is 1. The molecule has 1 amide bonds. The quantitative estimate of drug-likeness (QED) is 0.787. The molecule has 20 heavy (non-hydrogen) atoms. The lowest BCUT2D eigenvalue weighted by atomic mass is 10.2. The van der Waals surface area contributed by atoms with Crippen LogP contribution in [-0.4, -0.2) is 19.0 Å². The lowest BCUT2D eigenvalue weighted by Gasteiger charge is -2.12. The third-order valence-corrected chi connectivity index (χ3v) is 2.91. The molecule has 0 bridgehead atoms. The van der Waals surface area contributed by atoms with Crippen molar-refractivity contribution in [3.8, 4) is 0 Å². The van der Waals surface area contributed by atoms with Crippen molar-refractivity contribution in [1.82, 2.24) is 5.32 Å². The molecule has 0 saturated heterocycles. The van der Waals surface area contributed by atoms with Crippen LogP contribution in [0.1, 0.15) is 25.3 Å². The summed E-state index contributed by atoms with van der Waals surface area (Å²) < 4.78 is 37.9. The van der Waals surface area contributed by atoms with Crippen LogP contribution in [0.4, 0.5) is 18.9 Å². The van der Waals surface area contributed by atoms with Crippen molar-refractivity contribution >= 4 is 23.2 Å². The van der Waals surface area contributed by atoms with Crippen LogP contribution in [0.15, 0.2) is 18.2 Å². The standard InChI is InChI=1S/C13H16ClF3N2O/c1-2-3-6-18-12(20)8-19-9-4-5-11(14)10(7-9)13(15,16)17/h4-5,7,19H,2-3,6,8H2,1H3,(H,18,20). The Kier molecular flexibility index (Phi) is 6.13. The Morgan fingerprint density at radius 2 is 2.05 bits per heavy atom. The van der Waals surface area contributed by atoms with Gasteiger partial charge in [-0.2, -0.15) is 13.2 Å². The van der Waals surface area contributed by atoms with Gasteiger partial charge in [0.2, 0.25) is 5.91 Å². The summed E-state index contributed by atoms with van der Waals surface area (Å²) in [5, 5.41) is 4.94. The van der Waals surface area contributed by atoms with Crippen LogP contribution in [0.25, 0.3) is 0 Å². The van der Waals surface area contributed by atoms with Crippen molar-refractivity contribution in [2.24, 2.45) is 0 Å². The lowest BCUT2D eigenvalue weighted by molar-refractivity contribution is -0.137. The fraction of sp³-hybridized carbons (Fsp3) is 0.462. The predicted octanol–water partition coefficient (Wildman–Crippen LogP) is 3.69. The molecule has 3 nitrogen and oxygen atoms in total. The Balaban J connectivity index is 2.59. The first-order chi connectivity index (χ1) is 9.34. The zero-order valence-electron chi connectivity index (χ0n) is 11.0. The van der Waals surface area contributed by atoms with Gasteiger partial charge < -0.3 is 10.6 Å². The average Bonchev–Trinajstić information content (AvgIpc) is 2.36. The number of alkyl halides is 3. The van der Waals surface area contributed by atoms with Crippen LogP contribution in [-0.2, 0) is 11.0 Å². The Bertz CT molecular complexity index is 463. The van der Waals surface area contributed by atoms with Gasteiger partial charge in [0.1, 0.15) is 0 Å². The van der Waals surface area contributed by atoms with Crippen LogP contribution in [0, 0.1) is 0 Å². The first kappa shape index (κ1) is 16.6. The van der Waals surface area contributed by atoms with Gasteiger partial charge in [0.15, 0.2) is 0 Å². The Labute approximate surface area is 120 Å². The van der Waals surface area contributed by atoms with E-state index in [1.807, 2.05) is 6.92 Å². The Morgan fingerprint density at radius 3 is 2.65 bits per heavy atom. The molecule has 112 valence electrons. The molecule has 1 aromatic rings. The van der Waals surface area contributed by atoms with Crippen molar-refractivity contribution in [3.63, 3.8) is 0 Å². The summed E-state index contributed by atoms with van der Waals surface area (Å²) in [4.78, 5) is 11.4. The maximum Gasteiger partial charge on any atom is 0.417 e. The monoisotopic (exact) mass is 308 g/mol. The molecule has 0 aliphatic rings. The number of nitrogens with one attached hydrogen (secondary N) is 2. The van der Waals surface area contributed by atoms with Crippen LogP contribution in [0.3, 0.4) is 0 Å². The normalized spacial score (nSPS) is 11.2. The minimum absolute atomic E-state index is 0.0807. The SMILES string of the molecule is CCCCNC(=O)CNc1ccc(Cl)c(C(F)(F)F)c1.